The number of carbonyl (C=O) groups is 1. The summed E-state index contributed by atoms with van der Waals surface area (Å²) >= 11 is 0. The van der Waals surface area contributed by atoms with E-state index in [1.54, 1.807) is 27.9 Å². The number of nitrogens with one attached hydrogen (secondary N) is 1. The fourth-order valence-electron chi connectivity index (χ4n) is 3.21. The fourth-order valence-corrected chi connectivity index (χ4v) is 3.21. The Morgan fingerprint density at radius 2 is 2.12 bits per heavy atom. The molecule has 0 bridgehead atoms. The summed E-state index contributed by atoms with van der Waals surface area (Å²) in [4.78, 5) is 14.5. The second-order valence-corrected chi connectivity index (χ2v) is 6.21. The molecule has 1 aliphatic heterocycles. The van der Waals surface area contributed by atoms with Crippen LogP contribution in [0.1, 0.15) is 28.9 Å². The first kappa shape index (κ1) is 15.5. The molecule has 0 aliphatic carbocycles. The molecule has 8 nitrogen and oxygen atoms in total. The number of rotatable bonds is 3. The minimum Gasteiger partial charge on any atom is -0.382 e. The molecule has 1 fully saturated rings. The Morgan fingerprint density at radius 3 is 2.80 bits per heavy atom. The van der Waals surface area contributed by atoms with Gasteiger partial charge in [0.1, 0.15) is 11.3 Å². The highest BCUT2D eigenvalue weighted by atomic mass is 16.3. The van der Waals surface area contributed by atoms with Crippen LogP contribution in [-0.4, -0.2) is 54.2 Å². The molecule has 0 saturated carbocycles. The highest BCUT2D eigenvalue weighted by molar-refractivity contribution is 5.94. The molecule has 1 saturated heterocycles. The molecule has 128 valence electrons. The van der Waals surface area contributed by atoms with Crippen LogP contribution in [0.5, 0.6) is 0 Å². The number of amides is 1. The molecule has 1 atom stereocenters. The summed E-state index contributed by atoms with van der Waals surface area (Å²) in [5, 5.41) is 25.3. The number of hydrogen-bond donors (Lipinski definition) is 2. The lowest BCUT2D eigenvalue weighted by atomic mass is 9.89. The van der Waals surface area contributed by atoms with Crippen molar-refractivity contribution in [2.75, 3.05) is 13.1 Å². The van der Waals surface area contributed by atoms with E-state index in [9.17, 15) is 9.90 Å². The topological polar surface area (TPSA) is 99.9 Å². The molecule has 25 heavy (non-hydrogen) atoms. The van der Waals surface area contributed by atoms with E-state index in [0.717, 1.165) is 5.69 Å². The van der Waals surface area contributed by atoms with E-state index < -0.39 is 5.60 Å². The summed E-state index contributed by atoms with van der Waals surface area (Å²) in [5.41, 5.74) is 0.786. The average molecular weight is 338 g/mol. The Bertz CT molecular complexity index is 844. The lowest BCUT2D eigenvalue weighted by Crippen LogP contribution is -2.48. The first-order chi connectivity index (χ1) is 12.2. The van der Waals surface area contributed by atoms with Gasteiger partial charge in [-0.15, -0.1) is 0 Å². The highest BCUT2D eigenvalue weighted by Crippen LogP contribution is 2.30. The minimum absolute atomic E-state index is 0.103. The predicted octanol–water partition coefficient (Wildman–Crippen LogP) is 1.11. The van der Waals surface area contributed by atoms with E-state index in [2.05, 4.69) is 20.5 Å². The predicted molar refractivity (Wildman–Crippen MR) is 89.0 cm³/mol. The number of aliphatic hydroxyl groups is 1. The van der Waals surface area contributed by atoms with Gasteiger partial charge >= 0.3 is 0 Å². The van der Waals surface area contributed by atoms with Gasteiger partial charge in [0.15, 0.2) is 0 Å². The van der Waals surface area contributed by atoms with Crippen molar-refractivity contribution in [3.8, 4) is 5.69 Å². The maximum Gasteiger partial charge on any atom is 0.253 e. The van der Waals surface area contributed by atoms with Gasteiger partial charge in [-0.2, -0.15) is 20.5 Å². The first-order valence-corrected chi connectivity index (χ1v) is 8.14. The van der Waals surface area contributed by atoms with Gasteiger partial charge in [-0.1, -0.05) is 0 Å². The number of piperidine rings is 1. The summed E-state index contributed by atoms with van der Waals surface area (Å²) in [6.07, 6.45) is 6.33. The molecule has 4 rings (SSSR count). The summed E-state index contributed by atoms with van der Waals surface area (Å²) in [7, 11) is 0. The average Bonchev–Trinajstić information content (AvgIpc) is 3.35. The third-order valence-electron chi connectivity index (χ3n) is 4.53. The van der Waals surface area contributed by atoms with Crippen LogP contribution in [-0.2, 0) is 5.60 Å². The quantitative estimate of drug-likeness (QED) is 0.745. The summed E-state index contributed by atoms with van der Waals surface area (Å²) in [6.45, 7) is 0.819. The molecule has 3 aromatic rings. The Balaban J connectivity index is 1.52. The number of H-pyrrole nitrogens is 1. The summed E-state index contributed by atoms with van der Waals surface area (Å²) in [6, 6.07) is 9.12. The largest absolute Gasteiger partial charge is 0.382 e. The smallest absolute Gasteiger partial charge is 0.253 e. The van der Waals surface area contributed by atoms with E-state index in [1.807, 2.05) is 24.4 Å². The van der Waals surface area contributed by atoms with Crippen LogP contribution < -0.4 is 0 Å². The molecule has 2 aromatic heterocycles. The number of aromatic amines is 1. The van der Waals surface area contributed by atoms with Crippen molar-refractivity contribution in [1.29, 1.82) is 0 Å². The van der Waals surface area contributed by atoms with Crippen LogP contribution in [0, 0.1) is 0 Å². The molecule has 1 amide bonds. The van der Waals surface area contributed by atoms with Crippen molar-refractivity contribution in [3.05, 3.63) is 60.2 Å². The Labute approximate surface area is 144 Å². The Kier molecular flexibility index (Phi) is 3.81. The van der Waals surface area contributed by atoms with Gasteiger partial charge in [0.05, 0.1) is 18.4 Å². The molecule has 0 radical (unpaired) electrons. The molecular formula is C17H18N6O2. The van der Waals surface area contributed by atoms with Crippen molar-refractivity contribution in [2.45, 2.75) is 18.4 Å². The fraction of sp³-hybridized carbons (Fsp3) is 0.294. The zero-order valence-corrected chi connectivity index (χ0v) is 13.5. The standard InChI is InChI=1S/C17H18N6O2/c24-16(13-3-5-14(6-4-13)23-10-2-8-19-23)22-9-1-7-17(25,12-22)15-11-18-21-20-15/h2-6,8,10-11,25H,1,7,9,12H2,(H,18,20,21)/t17-/m0/s1. The molecule has 1 aromatic carbocycles. The normalized spacial score (nSPS) is 20.6. The number of aromatic nitrogens is 5. The minimum atomic E-state index is -1.16. The van der Waals surface area contributed by atoms with Gasteiger partial charge < -0.3 is 10.0 Å². The van der Waals surface area contributed by atoms with Gasteiger partial charge in [0.2, 0.25) is 0 Å². The molecule has 8 heteroatoms. The van der Waals surface area contributed by atoms with Gasteiger partial charge in [-0.25, -0.2) is 4.68 Å². The van der Waals surface area contributed by atoms with Gasteiger partial charge in [0, 0.05) is 24.5 Å². The van der Waals surface area contributed by atoms with Crippen molar-refractivity contribution in [2.24, 2.45) is 0 Å². The Hall–Kier alpha value is -3.00. The summed E-state index contributed by atoms with van der Waals surface area (Å²) in [5.74, 6) is -0.103. The number of nitrogens with zero attached hydrogens (tertiary/aromatic N) is 5. The molecule has 3 heterocycles. The lowest BCUT2D eigenvalue weighted by Gasteiger charge is -2.38. The maximum absolute atomic E-state index is 12.8. The highest BCUT2D eigenvalue weighted by Gasteiger charge is 2.38. The number of benzene rings is 1. The third-order valence-corrected chi connectivity index (χ3v) is 4.53. The van der Waals surface area contributed by atoms with Crippen molar-refractivity contribution in [3.63, 3.8) is 0 Å². The van der Waals surface area contributed by atoms with Crippen molar-refractivity contribution in [1.82, 2.24) is 30.1 Å². The van der Waals surface area contributed by atoms with E-state index >= 15 is 0 Å². The molecule has 1 aliphatic rings. The second-order valence-electron chi connectivity index (χ2n) is 6.21. The molecule has 0 unspecified atom stereocenters. The van der Waals surface area contributed by atoms with E-state index in [-0.39, 0.29) is 12.5 Å². The summed E-state index contributed by atoms with van der Waals surface area (Å²) < 4.78 is 1.73. The van der Waals surface area contributed by atoms with Gasteiger partial charge in [0.25, 0.3) is 5.91 Å². The number of hydrogen-bond acceptors (Lipinski definition) is 5. The SMILES string of the molecule is O=C(c1ccc(-n2cccn2)cc1)N1CCC[C@@](O)(c2cn[nH]n2)C1. The second kappa shape index (κ2) is 6.14. The lowest BCUT2D eigenvalue weighted by molar-refractivity contribution is -0.0320. The number of likely N-dealkylation sites (tertiary alicyclic amines) is 1. The molecule has 2 N–H and O–H groups in total. The van der Waals surface area contributed by atoms with Crippen LogP contribution in [0.2, 0.25) is 0 Å². The van der Waals surface area contributed by atoms with Gasteiger partial charge in [-0.05, 0) is 43.2 Å². The van der Waals surface area contributed by atoms with E-state index in [0.29, 0.717) is 30.6 Å². The number of β-amino-alcohol motifs (C(OH)–C–C–N with tert-alkyl or cyclic N) is 1. The maximum atomic E-state index is 12.8. The Morgan fingerprint density at radius 1 is 1.28 bits per heavy atom. The molecular weight excluding hydrogens is 320 g/mol. The molecule has 0 spiro atoms. The zero-order chi connectivity index (χ0) is 17.3. The van der Waals surface area contributed by atoms with Crippen LogP contribution in [0.4, 0.5) is 0 Å². The third kappa shape index (κ3) is 2.91. The van der Waals surface area contributed by atoms with Crippen molar-refractivity contribution < 1.29 is 9.90 Å². The van der Waals surface area contributed by atoms with Crippen LogP contribution >= 0.6 is 0 Å². The number of carbonyl (C=O) groups excluding carboxylic acids is 1. The zero-order valence-electron chi connectivity index (χ0n) is 13.5. The van der Waals surface area contributed by atoms with E-state index in [4.69, 9.17) is 0 Å². The van der Waals surface area contributed by atoms with Crippen LogP contribution in [0.25, 0.3) is 5.69 Å². The van der Waals surface area contributed by atoms with Crippen molar-refractivity contribution >= 4 is 5.91 Å². The van der Waals surface area contributed by atoms with Crippen LogP contribution in [0.3, 0.4) is 0 Å². The monoisotopic (exact) mass is 338 g/mol. The van der Waals surface area contributed by atoms with Crippen LogP contribution in [0.15, 0.2) is 48.9 Å². The van der Waals surface area contributed by atoms with E-state index in [1.165, 1.54) is 6.20 Å². The first-order valence-electron chi connectivity index (χ1n) is 8.14. The van der Waals surface area contributed by atoms with Gasteiger partial charge in [-0.3, -0.25) is 4.79 Å².